The van der Waals surface area contributed by atoms with E-state index < -0.39 is 12.1 Å². The van der Waals surface area contributed by atoms with Gasteiger partial charge in [-0.15, -0.1) is 0 Å². The molecule has 1 atom stereocenters. The first-order chi connectivity index (χ1) is 9.52. The Morgan fingerprint density at radius 1 is 1.35 bits per heavy atom. The highest BCUT2D eigenvalue weighted by Crippen LogP contribution is 2.15. The molecule has 3 N–H and O–H groups in total. The number of aryl methyl sites for hydroxylation is 1. The van der Waals surface area contributed by atoms with Crippen LogP contribution in [0, 0.1) is 18.3 Å². The lowest BCUT2D eigenvalue weighted by molar-refractivity contribution is -0.117. The maximum atomic E-state index is 11.8. The Labute approximate surface area is 116 Å². The van der Waals surface area contributed by atoms with Crippen LogP contribution in [0.2, 0.25) is 0 Å². The van der Waals surface area contributed by atoms with Crippen molar-refractivity contribution < 1.29 is 9.90 Å². The number of nitriles is 1. The molecule has 0 aromatic heterocycles. The average molecular weight is 270 g/mol. The monoisotopic (exact) mass is 270 g/mol. The Kier molecular flexibility index (Phi) is 3.82. The molecule has 0 fully saturated rings. The molecule has 1 unspecified atom stereocenters. The van der Waals surface area contributed by atoms with E-state index in [-0.39, 0.29) is 11.3 Å². The molecule has 0 saturated heterocycles. The van der Waals surface area contributed by atoms with Gasteiger partial charge in [0.25, 0.3) is 5.91 Å². The molecule has 102 valence electrons. The quantitative estimate of drug-likeness (QED) is 0.700. The van der Waals surface area contributed by atoms with E-state index in [9.17, 15) is 9.90 Å². The lowest BCUT2D eigenvalue weighted by Crippen LogP contribution is -2.45. The molecule has 1 aliphatic rings. The SMILES string of the molecule is CC1=C(C#N)C(O)NC(=O)C1=NNc1ccc(C)cc1. The van der Waals surface area contributed by atoms with Gasteiger partial charge in [0.05, 0.1) is 17.3 Å². The normalized spacial score (nSPS) is 20.6. The van der Waals surface area contributed by atoms with Crippen LogP contribution in [-0.4, -0.2) is 23.0 Å². The number of benzene rings is 1. The summed E-state index contributed by atoms with van der Waals surface area (Å²) in [6.07, 6.45) is -1.27. The molecule has 2 rings (SSSR count). The number of hydrogen-bond donors (Lipinski definition) is 3. The minimum atomic E-state index is -1.27. The van der Waals surface area contributed by atoms with Gasteiger partial charge in [-0.25, -0.2) is 0 Å². The molecule has 1 aromatic rings. The summed E-state index contributed by atoms with van der Waals surface area (Å²) in [6, 6.07) is 9.36. The fraction of sp³-hybridized carbons (Fsp3) is 0.214. The molecule has 0 spiro atoms. The Hall–Kier alpha value is -2.65. The van der Waals surface area contributed by atoms with Crippen molar-refractivity contribution in [1.29, 1.82) is 5.26 Å². The molecule has 6 nitrogen and oxygen atoms in total. The maximum Gasteiger partial charge on any atom is 0.274 e. The molecule has 0 radical (unpaired) electrons. The van der Waals surface area contributed by atoms with Crippen LogP contribution in [-0.2, 0) is 4.79 Å². The van der Waals surface area contributed by atoms with Crippen LogP contribution in [0.1, 0.15) is 12.5 Å². The number of hydrogen-bond acceptors (Lipinski definition) is 5. The highest BCUT2D eigenvalue weighted by Gasteiger charge is 2.29. The highest BCUT2D eigenvalue weighted by atomic mass is 16.3. The van der Waals surface area contributed by atoms with Gasteiger partial charge in [0.15, 0.2) is 11.9 Å². The molecular weight excluding hydrogens is 256 g/mol. The van der Waals surface area contributed by atoms with Crippen molar-refractivity contribution in [3.63, 3.8) is 0 Å². The van der Waals surface area contributed by atoms with Crippen LogP contribution >= 0.6 is 0 Å². The number of rotatable bonds is 2. The fourth-order valence-electron chi connectivity index (χ4n) is 1.80. The van der Waals surface area contributed by atoms with Gasteiger partial charge in [-0.1, -0.05) is 17.7 Å². The van der Waals surface area contributed by atoms with Crippen LogP contribution < -0.4 is 10.7 Å². The molecule has 1 heterocycles. The third kappa shape index (κ3) is 2.68. The average Bonchev–Trinajstić information content (AvgIpc) is 2.40. The largest absolute Gasteiger partial charge is 0.369 e. The Morgan fingerprint density at radius 3 is 2.60 bits per heavy atom. The summed E-state index contributed by atoms with van der Waals surface area (Å²) in [7, 11) is 0. The van der Waals surface area contributed by atoms with Crippen molar-refractivity contribution in [3.8, 4) is 6.07 Å². The topological polar surface area (TPSA) is 97.5 Å². The predicted octanol–water partition coefficient (Wildman–Crippen LogP) is 1.05. The second-order valence-corrected chi connectivity index (χ2v) is 4.46. The minimum absolute atomic E-state index is 0.0902. The van der Waals surface area contributed by atoms with E-state index in [0.717, 1.165) is 11.3 Å². The molecule has 1 aromatic carbocycles. The summed E-state index contributed by atoms with van der Waals surface area (Å²) in [5.74, 6) is -0.520. The first-order valence-electron chi connectivity index (χ1n) is 6.03. The predicted molar refractivity (Wildman–Crippen MR) is 74.7 cm³/mol. The zero-order chi connectivity index (χ0) is 14.7. The number of aliphatic hydroxyl groups excluding tert-OH is 1. The van der Waals surface area contributed by atoms with Crippen molar-refractivity contribution in [2.45, 2.75) is 20.1 Å². The smallest absolute Gasteiger partial charge is 0.274 e. The number of nitrogens with zero attached hydrogens (tertiary/aromatic N) is 2. The van der Waals surface area contributed by atoms with Gasteiger partial charge in [-0.05, 0) is 26.0 Å². The number of carbonyl (C=O) groups is 1. The summed E-state index contributed by atoms with van der Waals surface area (Å²) in [4.78, 5) is 11.8. The number of anilines is 1. The van der Waals surface area contributed by atoms with Gasteiger partial charge in [0.1, 0.15) is 0 Å². The molecule has 0 bridgehead atoms. The first kappa shape index (κ1) is 13.8. The number of amides is 1. The fourth-order valence-corrected chi connectivity index (χ4v) is 1.80. The maximum absolute atomic E-state index is 11.8. The van der Waals surface area contributed by atoms with E-state index in [1.807, 2.05) is 37.3 Å². The molecule has 1 amide bonds. The molecule has 6 heteroatoms. The highest BCUT2D eigenvalue weighted by molar-refractivity contribution is 6.46. The van der Waals surface area contributed by atoms with Gasteiger partial charge in [-0.2, -0.15) is 10.4 Å². The summed E-state index contributed by atoms with van der Waals surface area (Å²) in [6.45, 7) is 3.55. The molecule has 0 saturated carbocycles. The lowest BCUT2D eigenvalue weighted by Gasteiger charge is -2.21. The first-order valence-corrected chi connectivity index (χ1v) is 6.03. The van der Waals surface area contributed by atoms with Crippen molar-refractivity contribution in [2.75, 3.05) is 5.43 Å². The van der Waals surface area contributed by atoms with Gasteiger partial charge < -0.3 is 10.4 Å². The number of carbonyl (C=O) groups excluding carboxylic acids is 1. The molecule has 20 heavy (non-hydrogen) atoms. The minimum Gasteiger partial charge on any atom is -0.369 e. The standard InChI is InChI=1S/C14H14N4O2/c1-8-3-5-10(6-4-8)17-18-12-9(2)11(7-15)13(19)16-14(12)20/h3-6,13,17,19H,1-2H3,(H,16,20). The summed E-state index contributed by atoms with van der Waals surface area (Å²) in [5.41, 5.74) is 5.16. The van der Waals surface area contributed by atoms with Crippen molar-refractivity contribution in [2.24, 2.45) is 5.10 Å². The number of aliphatic hydroxyl groups is 1. The van der Waals surface area contributed by atoms with E-state index in [0.29, 0.717) is 5.57 Å². The van der Waals surface area contributed by atoms with Gasteiger partial charge in [-0.3, -0.25) is 10.2 Å². The van der Waals surface area contributed by atoms with Crippen molar-refractivity contribution >= 4 is 17.3 Å². The van der Waals surface area contributed by atoms with Gasteiger partial charge in [0, 0.05) is 5.57 Å². The second kappa shape index (κ2) is 5.55. The lowest BCUT2D eigenvalue weighted by atomic mass is 10.0. The zero-order valence-corrected chi connectivity index (χ0v) is 11.1. The van der Waals surface area contributed by atoms with E-state index in [2.05, 4.69) is 15.8 Å². The Morgan fingerprint density at radius 2 is 2.00 bits per heavy atom. The van der Waals surface area contributed by atoms with Crippen molar-refractivity contribution in [3.05, 3.63) is 41.0 Å². The van der Waals surface area contributed by atoms with Gasteiger partial charge >= 0.3 is 0 Å². The number of hydrazone groups is 1. The molecule has 1 aliphatic heterocycles. The third-order valence-corrected chi connectivity index (χ3v) is 2.98. The Bertz CT molecular complexity index is 638. The van der Waals surface area contributed by atoms with Crippen LogP contribution in [0.25, 0.3) is 0 Å². The second-order valence-electron chi connectivity index (χ2n) is 4.46. The molecular formula is C14H14N4O2. The van der Waals surface area contributed by atoms with E-state index in [1.54, 1.807) is 6.92 Å². The third-order valence-electron chi connectivity index (χ3n) is 2.98. The van der Waals surface area contributed by atoms with Crippen molar-refractivity contribution in [1.82, 2.24) is 5.32 Å². The van der Waals surface area contributed by atoms with Crippen LogP contribution in [0.5, 0.6) is 0 Å². The summed E-state index contributed by atoms with van der Waals surface area (Å²) in [5, 5.41) is 24.8. The van der Waals surface area contributed by atoms with Crippen LogP contribution in [0.4, 0.5) is 5.69 Å². The summed E-state index contributed by atoms with van der Waals surface area (Å²) < 4.78 is 0. The van der Waals surface area contributed by atoms with Crippen LogP contribution in [0.15, 0.2) is 40.5 Å². The van der Waals surface area contributed by atoms with Crippen LogP contribution in [0.3, 0.4) is 0 Å². The zero-order valence-electron chi connectivity index (χ0n) is 11.1. The van der Waals surface area contributed by atoms with E-state index in [4.69, 9.17) is 5.26 Å². The number of nitrogens with one attached hydrogen (secondary N) is 2. The van der Waals surface area contributed by atoms with E-state index in [1.165, 1.54) is 0 Å². The Balaban J connectivity index is 2.29. The summed E-state index contributed by atoms with van der Waals surface area (Å²) >= 11 is 0. The van der Waals surface area contributed by atoms with Gasteiger partial charge in [0.2, 0.25) is 0 Å². The van der Waals surface area contributed by atoms with E-state index >= 15 is 0 Å². The molecule has 0 aliphatic carbocycles.